The number of aliphatic hydroxyl groups is 2. The molecule has 10 nitrogen and oxygen atoms in total. The van der Waals surface area contributed by atoms with Crippen LogP contribution < -0.4 is 29.6 Å². The lowest BCUT2D eigenvalue weighted by atomic mass is 9.77. The van der Waals surface area contributed by atoms with Crippen molar-refractivity contribution in [3.8, 4) is 23.0 Å². The summed E-state index contributed by atoms with van der Waals surface area (Å²) >= 11 is 0. The molecule has 8 rings (SSSR count). The van der Waals surface area contributed by atoms with Crippen molar-refractivity contribution >= 4 is 33.4 Å². The third kappa shape index (κ3) is 11.4. The van der Waals surface area contributed by atoms with Crippen molar-refractivity contribution in [1.29, 1.82) is 0 Å². The summed E-state index contributed by atoms with van der Waals surface area (Å²) in [5, 5.41) is 36.7. The number of rotatable bonds is 20. The van der Waals surface area contributed by atoms with Gasteiger partial charge in [-0.1, -0.05) is 133 Å². The molecule has 0 saturated heterocycles. The largest absolute Gasteiger partial charge is 0.497 e. The van der Waals surface area contributed by atoms with Crippen LogP contribution in [0.2, 0.25) is 0 Å². The van der Waals surface area contributed by atoms with Crippen molar-refractivity contribution in [2.45, 2.75) is 55.4 Å². The van der Waals surface area contributed by atoms with Crippen molar-refractivity contribution in [3.63, 3.8) is 0 Å². The van der Waals surface area contributed by atoms with E-state index in [1.165, 1.54) is 0 Å². The molecule has 4 N–H and O–H groups in total. The zero-order valence-electron chi connectivity index (χ0n) is 39.4. The Morgan fingerprint density at radius 2 is 0.710 bits per heavy atom. The number of hydrogen-bond acceptors (Lipinski definition) is 8. The summed E-state index contributed by atoms with van der Waals surface area (Å²) in [5.74, 6) is 1.24. The van der Waals surface area contributed by atoms with Gasteiger partial charge in [0.25, 0.3) is 0 Å². The van der Waals surface area contributed by atoms with Crippen LogP contribution in [0.25, 0.3) is 21.5 Å². The highest BCUT2D eigenvalue weighted by molar-refractivity contribution is 5.98. The molecule has 0 radical (unpaired) electrons. The minimum absolute atomic E-state index is 0.104. The molecule has 8 aromatic carbocycles. The van der Waals surface area contributed by atoms with Crippen molar-refractivity contribution in [1.82, 2.24) is 10.6 Å². The number of carbonyl (C=O) groups excluding carboxylic acids is 2. The molecular formula is C59H58N2O8. The predicted molar refractivity (Wildman–Crippen MR) is 271 cm³/mol. The Morgan fingerprint density at radius 1 is 0.420 bits per heavy atom. The molecule has 0 aromatic heterocycles. The van der Waals surface area contributed by atoms with Crippen molar-refractivity contribution in [2.75, 3.05) is 28.4 Å². The fraction of sp³-hybridized carbons (Fsp3) is 0.220. The van der Waals surface area contributed by atoms with Gasteiger partial charge < -0.3 is 39.8 Å². The van der Waals surface area contributed by atoms with Gasteiger partial charge in [-0.05, 0) is 103 Å². The van der Waals surface area contributed by atoms with Crippen LogP contribution in [0, 0.1) is 0 Å². The molecule has 0 saturated carbocycles. The summed E-state index contributed by atoms with van der Waals surface area (Å²) in [6.45, 7) is 0. The first-order chi connectivity index (χ1) is 33.5. The SMILES string of the molecule is COc1cccc(CC(O)(Cc2cccc(OC)c2)[C@@H](NC(=O)CC(=O)N[C@@H](c2cccc3ccccc23)C(O)(Cc2cccc(OC)c2)Cc2cccc(OC)c2)c2cccc3ccccc23)c1. The first-order valence-corrected chi connectivity index (χ1v) is 23.0. The molecule has 0 aliphatic heterocycles. The van der Waals surface area contributed by atoms with Gasteiger partial charge in [0, 0.05) is 25.7 Å². The topological polar surface area (TPSA) is 136 Å². The quantitative estimate of drug-likeness (QED) is 0.0556. The lowest BCUT2D eigenvalue weighted by Gasteiger charge is -2.39. The predicted octanol–water partition coefficient (Wildman–Crippen LogP) is 9.87. The molecule has 2 atom stereocenters. The smallest absolute Gasteiger partial charge is 0.230 e. The number of fused-ring (bicyclic) bond motifs is 2. The maximum atomic E-state index is 14.8. The molecular weight excluding hydrogens is 865 g/mol. The van der Waals surface area contributed by atoms with Crippen LogP contribution in [-0.4, -0.2) is 61.7 Å². The highest BCUT2D eigenvalue weighted by Gasteiger charge is 2.43. The molecule has 0 spiro atoms. The molecule has 352 valence electrons. The summed E-state index contributed by atoms with van der Waals surface area (Å²) in [6.07, 6.45) is -0.205. The molecule has 0 heterocycles. The fourth-order valence-electron chi connectivity index (χ4n) is 9.65. The van der Waals surface area contributed by atoms with E-state index in [2.05, 4.69) is 10.6 Å². The first-order valence-electron chi connectivity index (χ1n) is 23.0. The van der Waals surface area contributed by atoms with Gasteiger partial charge in [0.1, 0.15) is 29.4 Å². The number of amides is 2. The maximum Gasteiger partial charge on any atom is 0.230 e. The van der Waals surface area contributed by atoms with Crippen molar-refractivity contribution < 1.29 is 38.7 Å². The van der Waals surface area contributed by atoms with Gasteiger partial charge in [-0.25, -0.2) is 0 Å². The van der Waals surface area contributed by atoms with Crippen molar-refractivity contribution in [3.05, 3.63) is 215 Å². The van der Waals surface area contributed by atoms with E-state index in [0.29, 0.717) is 34.1 Å². The molecule has 0 aliphatic carbocycles. The van der Waals surface area contributed by atoms with Crippen LogP contribution in [0.5, 0.6) is 23.0 Å². The van der Waals surface area contributed by atoms with Gasteiger partial charge in [-0.3, -0.25) is 9.59 Å². The van der Waals surface area contributed by atoms with E-state index >= 15 is 0 Å². The molecule has 2 amide bonds. The van der Waals surface area contributed by atoms with E-state index in [1.807, 2.05) is 182 Å². The van der Waals surface area contributed by atoms with Crippen LogP contribution >= 0.6 is 0 Å². The monoisotopic (exact) mass is 922 g/mol. The van der Waals surface area contributed by atoms with Gasteiger partial charge in [-0.15, -0.1) is 0 Å². The Hall–Kier alpha value is -7.66. The van der Waals surface area contributed by atoms with E-state index in [9.17, 15) is 19.8 Å². The van der Waals surface area contributed by atoms with Crippen LogP contribution in [0.3, 0.4) is 0 Å². The van der Waals surface area contributed by atoms with E-state index < -0.39 is 41.5 Å². The van der Waals surface area contributed by atoms with E-state index in [4.69, 9.17) is 18.9 Å². The molecule has 0 aliphatic rings. The minimum atomic E-state index is -1.67. The second kappa shape index (κ2) is 21.5. The zero-order valence-corrected chi connectivity index (χ0v) is 39.4. The summed E-state index contributed by atoms with van der Waals surface area (Å²) in [4.78, 5) is 29.6. The van der Waals surface area contributed by atoms with Gasteiger partial charge in [-0.2, -0.15) is 0 Å². The first kappa shape index (κ1) is 47.8. The van der Waals surface area contributed by atoms with E-state index in [1.54, 1.807) is 28.4 Å². The summed E-state index contributed by atoms with van der Waals surface area (Å²) < 4.78 is 22.3. The third-order valence-corrected chi connectivity index (χ3v) is 12.9. The Morgan fingerprint density at radius 3 is 1.03 bits per heavy atom. The average molecular weight is 923 g/mol. The zero-order chi connectivity index (χ0) is 48.4. The number of nitrogens with one attached hydrogen (secondary N) is 2. The summed E-state index contributed by atoms with van der Waals surface area (Å²) in [5.41, 5.74) is 1.12. The fourth-order valence-corrected chi connectivity index (χ4v) is 9.65. The van der Waals surface area contributed by atoms with Crippen LogP contribution in [-0.2, 0) is 35.3 Å². The second-order valence-corrected chi connectivity index (χ2v) is 17.6. The maximum absolute atomic E-state index is 14.8. The van der Waals surface area contributed by atoms with Gasteiger partial charge in [0.2, 0.25) is 11.8 Å². The van der Waals surface area contributed by atoms with Gasteiger partial charge in [0.05, 0.1) is 51.7 Å². The summed E-state index contributed by atoms with van der Waals surface area (Å²) in [6, 6.07) is 55.2. The van der Waals surface area contributed by atoms with Gasteiger partial charge >= 0.3 is 0 Å². The normalized spacial score (nSPS) is 12.5. The molecule has 69 heavy (non-hydrogen) atoms. The number of hydrogen-bond donors (Lipinski definition) is 4. The lowest BCUT2D eigenvalue weighted by molar-refractivity contribution is -0.133. The van der Waals surface area contributed by atoms with E-state index in [0.717, 1.165) is 43.8 Å². The molecule has 10 heteroatoms. The van der Waals surface area contributed by atoms with Crippen LogP contribution in [0.15, 0.2) is 182 Å². The highest BCUT2D eigenvalue weighted by atomic mass is 16.5. The number of ether oxygens (including phenoxy) is 4. The molecule has 0 fully saturated rings. The van der Waals surface area contributed by atoms with Gasteiger partial charge in [0.15, 0.2) is 0 Å². The van der Waals surface area contributed by atoms with Crippen LogP contribution in [0.4, 0.5) is 0 Å². The number of methoxy groups -OCH3 is 4. The third-order valence-electron chi connectivity index (χ3n) is 12.9. The Bertz CT molecular complexity index is 2750. The van der Waals surface area contributed by atoms with Crippen LogP contribution in [0.1, 0.15) is 51.9 Å². The standard InChI is InChI=1S/C59H58N2O8/c1-66-46-23-9-15-40(31-46)36-58(64,37-41-16-10-24-47(32-41)67-2)56(52-29-13-21-44-19-5-7-27-50(44)52)60-54(62)35-55(63)61-57(53-30-14-22-45-20-6-8-28-51(45)53)59(65,38-42-17-11-25-48(33-42)68-3)39-43-18-12-26-49(34-43)69-4/h5-34,56-57,64-65H,35-39H2,1-4H3,(H,60,62)(H,61,63)/t56-,57-/m0/s1. The number of benzene rings is 8. The van der Waals surface area contributed by atoms with E-state index in [-0.39, 0.29) is 25.7 Å². The molecule has 0 bridgehead atoms. The lowest BCUT2D eigenvalue weighted by Crippen LogP contribution is -2.51. The minimum Gasteiger partial charge on any atom is -0.497 e. The Labute approximate surface area is 403 Å². The molecule has 0 unspecified atom stereocenters. The second-order valence-electron chi connectivity index (χ2n) is 17.6. The van der Waals surface area contributed by atoms with Crippen molar-refractivity contribution in [2.24, 2.45) is 0 Å². The Balaban J connectivity index is 1.20. The highest BCUT2D eigenvalue weighted by Crippen LogP contribution is 2.40. The molecule has 8 aromatic rings. The average Bonchev–Trinajstić information content (AvgIpc) is 3.37. The Kier molecular flexibility index (Phi) is 14.9. The summed E-state index contributed by atoms with van der Waals surface area (Å²) in [7, 11) is 6.37. The number of carbonyl (C=O) groups is 2.